The molecule has 1 aliphatic carbocycles. The number of rotatable bonds is 5. The van der Waals surface area contributed by atoms with Gasteiger partial charge >= 0.3 is 0 Å². The predicted molar refractivity (Wildman–Crippen MR) is 120 cm³/mol. The number of carbonyl (C=O) groups excluding carboxylic acids is 2. The molecule has 7 heteroatoms. The van der Waals surface area contributed by atoms with Crippen molar-refractivity contribution < 1.29 is 14.3 Å². The molecule has 2 amide bonds. The molecule has 1 atom stereocenters. The number of amides is 2. The molecule has 0 spiro atoms. The fraction of sp³-hybridized carbons (Fsp3) is 0.520. The molecule has 1 aromatic carbocycles. The number of aryl methyl sites for hydroxylation is 1. The van der Waals surface area contributed by atoms with Crippen LogP contribution in [0.1, 0.15) is 67.2 Å². The first-order valence-corrected chi connectivity index (χ1v) is 11.7. The smallest absolute Gasteiger partial charge is 0.228 e. The maximum absolute atomic E-state index is 13.0. The molecule has 7 nitrogen and oxygen atoms in total. The van der Waals surface area contributed by atoms with Crippen molar-refractivity contribution in [1.82, 2.24) is 14.9 Å². The third-order valence-corrected chi connectivity index (χ3v) is 7.16. The lowest BCUT2D eigenvalue weighted by atomic mass is 9.84. The Balaban J connectivity index is 1.49. The van der Waals surface area contributed by atoms with Crippen molar-refractivity contribution in [1.29, 1.82) is 0 Å². The number of carbonyl (C=O) groups is 2. The maximum atomic E-state index is 13.0. The summed E-state index contributed by atoms with van der Waals surface area (Å²) in [6.07, 6.45) is 6.06. The summed E-state index contributed by atoms with van der Waals surface area (Å²) in [7, 11) is 1.64. The van der Waals surface area contributed by atoms with Crippen molar-refractivity contribution >= 4 is 17.6 Å². The normalized spacial score (nSPS) is 20.8. The first kappa shape index (κ1) is 20.9. The molecule has 2 aromatic rings. The van der Waals surface area contributed by atoms with E-state index < -0.39 is 0 Å². The predicted octanol–water partition coefficient (Wildman–Crippen LogP) is 3.74. The van der Waals surface area contributed by atoms with Gasteiger partial charge in [0.05, 0.1) is 19.7 Å². The minimum Gasteiger partial charge on any atom is -0.496 e. The van der Waals surface area contributed by atoms with Gasteiger partial charge in [-0.05, 0) is 45.1 Å². The molecule has 3 aliphatic rings. The van der Waals surface area contributed by atoms with E-state index in [2.05, 4.69) is 0 Å². The third kappa shape index (κ3) is 3.63. The molecule has 32 heavy (non-hydrogen) atoms. The number of aromatic nitrogens is 2. The molecule has 1 saturated carbocycles. The SMILES string of the molecule is COc1ccccc1CN1C(=O)CCc2c(C)nc(C3CCCN3C(=O)C3CCC3)nc21. The van der Waals surface area contributed by atoms with Crippen molar-refractivity contribution in [3.8, 4) is 5.75 Å². The summed E-state index contributed by atoms with van der Waals surface area (Å²) in [5, 5.41) is 0. The van der Waals surface area contributed by atoms with Crippen molar-refractivity contribution in [2.75, 3.05) is 18.6 Å². The Hall–Kier alpha value is -2.96. The average molecular weight is 435 g/mol. The van der Waals surface area contributed by atoms with Crippen molar-refractivity contribution in [3.05, 3.63) is 46.9 Å². The standard InChI is InChI=1S/C25H30N4O3/c1-16-19-12-13-22(30)29(15-18-7-3-4-11-21(18)32-2)24(19)27-23(26-16)20-10-6-14-28(20)25(31)17-8-5-9-17/h3-4,7,11,17,20H,5-6,8-10,12-15H2,1-2H3. The summed E-state index contributed by atoms with van der Waals surface area (Å²) >= 11 is 0. The zero-order valence-corrected chi connectivity index (χ0v) is 18.8. The molecular formula is C25H30N4O3. The molecule has 3 heterocycles. The van der Waals surface area contributed by atoms with Crippen LogP contribution in [0, 0.1) is 12.8 Å². The Bertz CT molecular complexity index is 1050. The molecule has 2 fully saturated rings. The number of methoxy groups -OCH3 is 1. The number of hydrogen-bond acceptors (Lipinski definition) is 5. The number of hydrogen-bond donors (Lipinski definition) is 0. The van der Waals surface area contributed by atoms with Crippen LogP contribution in [0.2, 0.25) is 0 Å². The lowest BCUT2D eigenvalue weighted by Crippen LogP contribution is -2.40. The highest BCUT2D eigenvalue weighted by atomic mass is 16.5. The van der Waals surface area contributed by atoms with E-state index in [1.807, 2.05) is 36.1 Å². The Morgan fingerprint density at radius 1 is 1.12 bits per heavy atom. The first-order chi connectivity index (χ1) is 15.6. The molecule has 1 saturated heterocycles. The van der Waals surface area contributed by atoms with Gasteiger partial charge in [-0.3, -0.25) is 14.5 Å². The van der Waals surface area contributed by atoms with Gasteiger partial charge in [-0.25, -0.2) is 9.97 Å². The molecule has 0 radical (unpaired) electrons. The molecule has 0 N–H and O–H groups in total. The van der Waals surface area contributed by atoms with E-state index in [0.29, 0.717) is 31.0 Å². The van der Waals surface area contributed by atoms with Gasteiger partial charge in [-0.15, -0.1) is 0 Å². The van der Waals surface area contributed by atoms with E-state index in [4.69, 9.17) is 14.7 Å². The van der Waals surface area contributed by atoms with Crippen molar-refractivity contribution in [2.45, 2.75) is 64.5 Å². The number of ether oxygens (including phenoxy) is 1. The van der Waals surface area contributed by atoms with Crippen LogP contribution in [0.5, 0.6) is 5.75 Å². The summed E-state index contributed by atoms with van der Waals surface area (Å²) in [6, 6.07) is 7.66. The van der Waals surface area contributed by atoms with E-state index in [1.165, 1.54) is 0 Å². The number of anilines is 1. The third-order valence-electron chi connectivity index (χ3n) is 7.16. The summed E-state index contributed by atoms with van der Waals surface area (Å²) in [5.41, 5.74) is 2.88. The second-order valence-corrected chi connectivity index (χ2v) is 9.08. The van der Waals surface area contributed by atoms with Gasteiger partial charge in [0.15, 0.2) is 5.82 Å². The van der Waals surface area contributed by atoms with E-state index in [0.717, 1.165) is 61.2 Å². The van der Waals surface area contributed by atoms with Gasteiger partial charge in [0.2, 0.25) is 11.8 Å². The highest BCUT2D eigenvalue weighted by Crippen LogP contribution is 2.38. The van der Waals surface area contributed by atoms with Crippen LogP contribution < -0.4 is 9.64 Å². The number of para-hydroxylation sites is 1. The van der Waals surface area contributed by atoms with Crippen LogP contribution in [0.4, 0.5) is 5.82 Å². The highest BCUT2D eigenvalue weighted by Gasteiger charge is 2.38. The molecule has 5 rings (SSSR count). The second kappa shape index (κ2) is 8.52. The molecule has 0 bridgehead atoms. The number of likely N-dealkylation sites (tertiary alicyclic amines) is 1. The van der Waals surface area contributed by atoms with E-state index in [-0.39, 0.29) is 23.8 Å². The van der Waals surface area contributed by atoms with Gasteiger partial charge in [-0.2, -0.15) is 0 Å². The monoisotopic (exact) mass is 434 g/mol. The summed E-state index contributed by atoms with van der Waals surface area (Å²) in [5.74, 6) is 2.59. The topological polar surface area (TPSA) is 75.6 Å². The molecule has 1 unspecified atom stereocenters. The van der Waals surface area contributed by atoms with Crippen LogP contribution in [-0.4, -0.2) is 40.3 Å². The fourth-order valence-electron chi connectivity index (χ4n) is 5.11. The largest absolute Gasteiger partial charge is 0.496 e. The van der Waals surface area contributed by atoms with Crippen LogP contribution in [-0.2, 0) is 22.6 Å². The summed E-state index contributed by atoms with van der Waals surface area (Å²) in [6.45, 7) is 3.17. The van der Waals surface area contributed by atoms with E-state index in [9.17, 15) is 9.59 Å². The molecule has 1 aromatic heterocycles. The number of nitrogens with zero attached hydrogens (tertiary/aromatic N) is 4. The van der Waals surface area contributed by atoms with Gasteiger partial charge < -0.3 is 9.64 Å². The summed E-state index contributed by atoms with van der Waals surface area (Å²) < 4.78 is 5.50. The second-order valence-electron chi connectivity index (χ2n) is 9.08. The average Bonchev–Trinajstić information content (AvgIpc) is 3.25. The van der Waals surface area contributed by atoms with Crippen LogP contribution in [0.3, 0.4) is 0 Å². The van der Waals surface area contributed by atoms with E-state index >= 15 is 0 Å². The minimum atomic E-state index is -0.0998. The Morgan fingerprint density at radius 3 is 2.69 bits per heavy atom. The molecule has 2 aliphatic heterocycles. The number of benzene rings is 1. The van der Waals surface area contributed by atoms with E-state index in [1.54, 1.807) is 12.0 Å². The van der Waals surface area contributed by atoms with Gasteiger partial charge in [0.25, 0.3) is 0 Å². The lowest BCUT2D eigenvalue weighted by molar-refractivity contribution is -0.139. The highest BCUT2D eigenvalue weighted by molar-refractivity contribution is 5.95. The number of fused-ring (bicyclic) bond motifs is 1. The zero-order chi connectivity index (χ0) is 22.2. The van der Waals surface area contributed by atoms with Gasteiger partial charge in [-0.1, -0.05) is 24.6 Å². The quantitative estimate of drug-likeness (QED) is 0.717. The van der Waals surface area contributed by atoms with Crippen LogP contribution >= 0.6 is 0 Å². The summed E-state index contributed by atoms with van der Waals surface area (Å²) in [4.78, 5) is 39.5. The Kier molecular flexibility index (Phi) is 5.57. The fourth-order valence-corrected chi connectivity index (χ4v) is 5.11. The van der Waals surface area contributed by atoms with Gasteiger partial charge in [0.1, 0.15) is 11.6 Å². The minimum absolute atomic E-state index is 0.0567. The lowest BCUT2D eigenvalue weighted by Gasteiger charge is -2.34. The maximum Gasteiger partial charge on any atom is 0.228 e. The zero-order valence-electron chi connectivity index (χ0n) is 18.8. The van der Waals surface area contributed by atoms with Crippen LogP contribution in [0.25, 0.3) is 0 Å². The van der Waals surface area contributed by atoms with Crippen molar-refractivity contribution in [3.63, 3.8) is 0 Å². The molecular weight excluding hydrogens is 404 g/mol. The molecule has 168 valence electrons. The Labute approximate surface area is 188 Å². The first-order valence-electron chi connectivity index (χ1n) is 11.7. The van der Waals surface area contributed by atoms with Crippen molar-refractivity contribution in [2.24, 2.45) is 5.92 Å². The van der Waals surface area contributed by atoms with Crippen LogP contribution in [0.15, 0.2) is 24.3 Å². The van der Waals surface area contributed by atoms with Gasteiger partial charge in [0, 0.05) is 35.7 Å². The Morgan fingerprint density at radius 2 is 1.94 bits per heavy atom.